The van der Waals surface area contributed by atoms with Crippen LogP contribution in [0.5, 0.6) is 0 Å². The van der Waals surface area contributed by atoms with Gasteiger partial charge in [-0.05, 0) is 38.5 Å². The molecule has 0 aliphatic rings. The van der Waals surface area contributed by atoms with E-state index in [1.165, 1.54) is 0 Å². The van der Waals surface area contributed by atoms with Gasteiger partial charge in [-0.15, -0.1) is 0 Å². The monoisotopic (exact) mass is 379 g/mol. The fraction of sp³-hybridized carbons (Fsp3) is 0.190. The minimum atomic E-state index is -0.715. The molecule has 3 N–H and O–H groups in total. The first-order valence-corrected chi connectivity index (χ1v) is 8.77. The molecule has 28 heavy (non-hydrogen) atoms. The Morgan fingerprint density at radius 3 is 2.54 bits per heavy atom. The summed E-state index contributed by atoms with van der Waals surface area (Å²) in [4.78, 5) is 39.4. The van der Waals surface area contributed by atoms with Crippen molar-refractivity contribution in [3.63, 3.8) is 0 Å². The number of fused-ring (bicyclic) bond motifs is 1. The Labute approximate surface area is 162 Å². The number of hydrogen-bond acceptors (Lipinski definition) is 4. The first-order valence-electron chi connectivity index (χ1n) is 8.77. The van der Waals surface area contributed by atoms with Gasteiger partial charge in [0.1, 0.15) is 0 Å². The van der Waals surface area contributed by atoms with Crippen LogP contribution in [0.3, 0.4) is 0 Å². The number of rotatable bonds is 4. The van der Waals surface area contributed by atoms with Crippen LogP contribution in [0.15, 0.2) is 42.5 Å². The summed E-state index contributed by atoms with van der Waals surface area (Å²) in [5.41, 5.74) is 4.39. The van der Waals surface area contributed by atoms with E-state index in [-0.39, 0.29) is 0 Å². The van der Waals surface area contributed by atoms with E-state index in [0.29, 0.717) is 16.9 Å². The number of aromatic nitrogens is 1. The minimum Gasteiger partial charge on any atom is -0.452 e. The molecule has 1 heterocycles. The molecule has 3 amide bonds. The number of para-hydroxylation sites is 1. The van der Waals surface area contributed by atoms with Crippen molar-refractivity contribution in [3.8, 4) is 0 Å². The fourth-order valence-corrected chi connectivity index (χ4v) is 3.01. The minimum absolute atomic E-state index is 0.378. The third-order valence-electron chi connectivity index (χ3n) is 4.32. The van der Waals surface area contributed by atoms with Gasteiger partial charge in [-0.25, -0.2) is 9.59 Å². The molecule has 7 heteroatoms. The summed E-state index contributed by atoms with van der Waals surface area (Å²) < 4.78 is 5.08. The Morgan fingerprint density at radius 2 is 1.79 bits per heavy atom. The standard InChI is InChI=1S/C21H21N3O4/c1-12-8-9-16(13(2)10-12)23-21(27)24-18(25)11-28-20(26)19-14(3)22-17-7-5-4-6-15(17)19/h4-10,22H,11H2,1-3H3,(H2,23,24,25,27). The van der Waals surface area contributed by atoms with Crippen molar-refractivity contribution >= 4 is 34.5 Å². The molecule has 144 valence electrons. The number of benzene rings is 2. The molecular formula is C21H21N3O4. The Kier molecular flexibility index (Phi) is 5.44. The highest BCUT2D eigenvalue weighted by molar-refractivity contribution is 6.07. The second kappa shape index (κ2) is 7.96. The van der Waals surface area contributed by atoms with Gasteiger partial charge in [0, 0.05) is 22.3 Å². The molecule has 0 aliphatic heterocycles. The number of H-pyrrole nitrogens is 1. The van der Waals surface area contributed by atoms with E-state index in [1.807, 2.05) is 44.2 Å². The lowest BCUT2D eigenvalue weighted by atomic mass is 10.1. The molecular weight excluding hydrogens is 358 g/mol. The molecule has 0 saturated carbocycles. The zero-order valence-electron chi connectivity index (χ0n) is 15.9. The zero-order valence-corrected chi connectivity index (χ0v) is 15.9. The van der Waals surface area contributed by atoms with E-state index in [1.54, 1.807) is 19.1 Å². The number of carbonyl (C=O) groups is 3. The number of imide groups is 1. The molecule has 0 bridgehead atoms. The highest BCUT2D eigenvalue weighted by Crippen LogP contribution is 2.22. The summed E-state index contributed by atoms with van der Waals surface area (Å²) in [7, 11) is 0. The maximum absolute atomic E-state index is 12.4. The molecule has 3 aromatic rings. The van der Waals surface area contributed by atoms with Gasteiger partial charge < -0.3 is 15.0 Å². The average Bonchev–Trinajstić information content (AvgIpc) is 2.98. The Balaban J connectivity index is 1.57. The van der Waals surface area contributed by atoms with Crippen LogP contribution >= 0.6 is 0 Å². The molecule has 1 aromatic heterocycles. The molecule has 0 saturated heterocycles. The molecule has 0 unspecified atom stereocenters. The van der Waals surface area contributed by atoms with Gasteiger partial charge in [0.15, 0.2) is 6.61 Å². The van der Waals surface area contributed by atoms with Crippen molar-refractivity contribution in [3.05, 3.63) is 64.8 Å². The van der Waals surface area contributed by atoms with Gasteiger partial charge in [-0.1, -0.05) is 35.9 Å². The smallest absolute Gasteiger partial charge is 0.341 e. The van der Waals surface area contributed by atoms with E-state index in [9.17, 15) is 14.4 Å². The van der Waals surface area contributed by atoms with Crippen molar-refractivity contribution in [2.24, 2.45) is 0 Å². The van der Waals surface area contributed by atoms with Crippen molar-refractivity contribution < 1.29 is 19.1 Å². The highest BCUT2D eigenvalue weighted by atomic mass is 16.5. The molecule has 7 nitrogen and oxygen atoms in total. The van der Waals surface area contributed by atoms with E-state index in [4.69, 9.17) is 4.74 Å². The highest BCUT2D eigenvalue weighted by Gasteiger charge is 2.19. The quantitative estimate of drug-likeness (QED) is 0.603. The summed E-state index contributed by atoms with van der Waals surface area (Å²) in [5.74, 6) is -1.34. The van der Waals surface area contributed by atoms with E-state index in [0.717, 1.165) is 22.0 Å². The summed E-state index contributed by atoms with van der Waals surface area (Å²) in [6.45, 7) is 5.01. The largest absolute Gasteiger partial charge is 0.452 e. The normalized spacial score (nSPS) is 10.5. The molecule has 0 radical (unpaired) electrons. The number of esters is 1. The SMILES string of the molecule is Cc1ccc(NC(=O)NC(=O)COC(=O)c2c(C)[nH]c3ccccc23)c(C)c1. The molecule has 0 fully saturated rings. The zero-order chi connectivity index (χ0) is 20.3. The van der Waals surface area contributed by atoms with Gasteiger partial charge in [0.25, 0.3) is 5.91 Å². The number of nitrogens with one attached hydrogen (secondary N) is 3. The van der Waals surface area contributed by atoms with Crippen LogP contribution in [-0.2, 0) is 9.53 Å². The summed E-state index contributed by atoms with van der Waals surface area (Å²) in [6, 6.07) is 12.2. The number of anilines is 1. The number of urea groups is 1. The maximum Gasteiger partial charge on any atom is 0.341 e. The lowest BCUT2D eigenvalue weighted by Crippen LogP contribution is -2.37. The van der Waals surface area contributed by atoms with Crippen LogP contribution in [0.2, 0.25) is 0 Å². The summed E-state index contributed by atoms with van der Waals surface area (Å²) in [6.07, 6.45) is 0. The number of hydrogen-bond donors (Lipinski definition) is 3. The topological polar surface area (TPSA) is 100 Å². The second-order valence-electron chi connectivity index (χ2n) is 6.57. The number of amides is 3. The van der Waals surface area contributed by atoms with Crippen molar-refractivity contribution in [1.29, 1.82) is 0 Å². The first kappa shape index (κ1) is 19.2. The van der Waals surface area contributed by atoms with Crippen molar-refractivity contribution in [1.82, 2.24) is 10.3 Å². The van der Waals surface area contributed by atoms with Crippen molar-refractivity contribution in [2.75, 3.05) is 11.9 Å². The lowest BCUT2D eigenvalue weighted by Gasteiger charge is -2.10. The van der Waals surface area contributed by atoms with Crippen LogP contribution in [0.25, 0.3) is 10.9 Å². The predicted molar refractivity (Wildman–Crippen MR) is 106 cm³/mol. The second-order valence-corrected chi connectivity index (χ2v) is 6.57. The summed E-state index contributed by atoms with van der Waals surface area (Å²) >= 11 is 0. The third kappa shape index (κ3) is 4.20. The van der Waals surface area contributed by atoms with Crippen LogP contribution in [0, 0.1) is 20.8 Å². The maximum atomic E-state index is 12.4. The molecule has 0 spiro atoms. The van der Waals surface area contributed by atoms with Crippen LogP contribution < -0.4 is 10.6 Å². The molecule has 3 rings (SSSR count). The van der Waals surface area contributed by atoms with Gasteiger partial charge in [0.05, 0.1) is 5.56 Å². The van der Waals surface area contributed by atoms with Gasteiger partial charge >= 0.3 is 12.0 Å². The lowest BCUT2D eigenvalue weighted by molar-refractivity contribution is -0.123. The van der Waals surface area contributed by atoms with Crippen LogP contribution in [0.4, 0.5) is 10.5 Å². The van der Waals surface area contributed by atoms with Gasteiger partial charge in [0.2, 0.25) is 0 Å². The average molecular weight is 379 g/mol. The third-order valence-corrected chi connectivity index (χ3v) is 4.32. The summed E-state index contributed by atoms with van der Waals surface area (Å²) in [5, 5.41) is 5.47. The Hall–Kier alpha value is -3.61. The number of carbonyl (C=O) groups excluding carboxylic acids is 3. The number of ether oxygens (including phenoxy) is 1. The molecule has 2 aromatic carbocycles. The molecule has 0 aliphatic carbocycles. The fourth-order valence-electron chi connectivity index (χ4n) is 3.01. The van der Waals surface area contributed by atoms with Crippen LogP contribution in [0.1, 0.15) is 27.2 Å². The Morgan fingerprint density at radius 1 is 1.04 bits per heavy atom. The van der Waals surface area contributed by atoms with E-state index >= 15 is 0 Å². The first-order chi connectivity index (χ1) is 13.3. The number of aromatic amines is 1. The van der Waals surface area contributed by atoms with Crippen molar-refractivity contribution in [2.45, 2.75) is 20.8 Å². The van der Waals surface area contributed by atoms with Crippen LogP contribution in [-0.4, -0.2) is 29.5 Å². The Bertz CT molecular complexity index is 1070. The van der Waals surface area contributed by atoms with E-state index in [2.05, 4.69) is 15.6 Å². The van der Waals surface area contributed by atoms with Gasteiger partial charge in [-0.2, -0.15) is 0 Å². The predicted octanol–water partition coefficient (Wildman–Crippen LogP) is 3.60. The van der Waals surface area contributed by atoms with E-state index < -0.39 is 24.5 Å². The van der Waals surface area contributed by atoms with Gasteiger partial charge in [-0.3, -0.25) is 10.1 Å². The molecule has 0 atom stereocenters. The number of aryl methyl sites for hydroxylation is 3.